The van der Waals surface area contributed by atoms with E-state index in [2.05, 4.69) is 10.4 Å². The molecule has 2 rings (SSSR count). The Hall–Kier alpha value is -1.64. The lowest BCUT2D eigenvalue weighted by Crippen LogP contribution is -2.28. The number of nitrogens with zero attached hydrogens (tertiary/aromatic N) is 1. The number of halogens is 3. The fraction of sp³-hybridized carbons (Fsp3) is 0.308. The highest BCUT2D eigenvalue weighted by molar-refractivity contribution is 7.11. The highest BCUT2D eigenvalue weighted by atomic mass is 32.1. The zero-order chi connectivity index (χ0) is 15.6. The average molecular weight is 317 g/mol. The Morgan fingerprint density at radius 1 is 1.38 bits per heavy atom. The first-order valence-corrected chi connectivity index (χ1v) is 6.82. The normalized spacial score (nSPS) is 13.2. The quantitative estimate of drug-likeness (QED) is 0.672. The second-order valence-corrected chi connectivity index (χ2v) is 5.47. The highest BCUT2D eigenvalue weighted by Gasteiger charge is 2.35. The molecule has 0 aliphatic heterocycles. The largest absolute Gasteiger partial charge is 0.496 e. The number of methoxy groups -OCH3 is 1. The lowest BCUT2D eigenvalue weighted by Gasteiger charge is -2.18. The smallest absolute Gasteiger partial charge is 0.443 e. The SMILES string of the molecule is COc1ccc(C)cc1C(NN)c1cnc(C(F)(F)F)s1. The van der Waals surface area contributed by atoms with E-state index >= 15 is 0 Å². The van der Waals surface area contributed by atoms with Crippen molar-refractivity contribution in [2.24, 2.45) is 5.84 Å². The molecule has 0 radical (unpaired) electrons. The van der Waals surface area contributed by atoms with Crippen molar-refractivity contribution in [1.82, 2.24) is 10.4 Å². The van der Waals surface area contributed by atoms with Gasteiger partial charge in [-0.15, -0.1) is 11.3 Å². The third-order valence-electron chi connectivity index (χ3n) is 2.91. The van der Waals surface area contributed by atoms with Crippen LogP contribution in [0.15, 0.2) is 24.4 Å². The van der Waals surface area contributed by atoms with Crippen LogP contribution >= 0.6 is 11.3 Å². The molecule has 0 fully saturated rings. The minimum Gasteiger partial charge on any atom is -0.496 e. The zero-order valence-electron chi connectivity index (χ0n) is 11.4. The molecule has 1 aromatic carbocycles. The van der Waals surface area contributed by atoms with Crippen LogP contribution in [0.4, 0.5) is 13.2 Å². The topological polar surface area (TPSA) is 60.2 Å². The zero-order valence-corrected chi connectivity index (χ0v) is 12.2. The van der Waals surface area contributed by atoms with Crippen LogP contribution in [0.25, 0.3) is 0 Å². The Kier molecular flexibility index (Phi) is 4.50. The number of nitrogens with one attached hydrogen (secondary N) is 1. The number of benzene rings is 1. The third kappa shape index (κ3) is 3.34. The van der Waals surface area contributed by atoms with Gasteiger partial charge in [0, 0.05) is 16.6 Å². The number of hydrogen-bond donors (Lipinski definition) is 2. The van der Waals surface area contributed by atoms with Crippen molar-refractivity contribution in [3.05, 3.63) is 45.4 Å². The van der Waals surface area contributed by atoms with Crippen LogP contribution < -0.4 is 16.0 Å². The summed E-state index contributed by atoms with van der Waals surface area (Å²) < 4.78 is 43.2. The first-order chi connectivity index (χ1) is 9.86. The van der Waals surface area contributed by atoms with Gasteiger partial charge < -0.3 is 4.74 Å². The molecule has 1 unspecified atom stereocenters. The van der Waals surface area contributed by atoms with Gasteiger partial charge in [0.05, 0.1) is 13.2 Å². The number of hydrazine groups is 1. The van der Waals surface area contributed by atoms with E-state index in [9.17, 15) is 13.2 Å². The Morgan fingerprint density at radius 2 is 2.10 bits per heavy atom. The number of alkyl halides is 3. The molecule has 0 spiro atoms. The summed E-state index contributed by atoms with van der Waals surface area (Å²) in [5, 5.41) is -0.899. The molecule has 1 atom stereocenters. The van der Waals surface area contributed by atoms with Crippen molar-refractivity contribution in [2.45, 2.75) is 19.1 Å². The molecule has 3 N–H and O–H groups in total. The van der Waals surface area contributed by atoms with Gasteiger partial charge >= 0.3 is 6.18 Å². The summed E-state index contributed by atoms with van der Waals surface area (Å²) in [7, 11) is 1.50. The van der Waals surface area contributed by atoms with Gasteiger partial charge in [-0.1, -0.05) is 17.7 Å². The highest BCUT2D eigenvalue weighted by Crippen LogP contribution is 2.37. The number of rotatable bonds is 4. The molecule has 0 aliphatic rings. The van der Waals surface area contributed by atoms with Crippen molar-refractivity contribution in [1.29, 1.82) is 0 Å². The third-order valence-corrected chi connectivity index (χ3v) is 4.02. The van der Waals surface area contributed by atoms with Gasteiger partial charge in [-0.25, -0.2) is 10.4 Å². The van der Waals surface area contributed by atoms with Gasteiger partial charge in [0.1, 0.15) is 5.75 Å². The van der Waals surface area contributed by atoms with Crippen LogP contribution in [0.5, 0.6) is 5.75 Å². The summed E-state index contributed by atoms with van der Waals surface area (Å²) in [6.45, 7) is 1.88. The summed E-state index contributed by atoms with van der Waals surface area (Å²) in [6.07, 6.45) is -3.28. The van der Waals surface area contributed by atoms with E-state index in [0.29, 0.717) is 27.5 Å². The first kappa shape index (κ1) is 15.7. The maximum absolute atomic E-state index is 12.7. The molecule has 8 heteroatoms. The number of hydrogen-bond acceptors (Lipinski definition) is 5. The second-order valence-electron chi connectivity index (χ2n) is 4.41. The monoisotopic (exact) mass is 317 g/mol. The number of aryl methyl sites for hydroxylation is 1. The summed E-state index contributed by atoms with van der Waals surface area (Å²) in [5.41, 5.74) is 4.14. The van der Waals surface area contributed by atoms with E-state index in [-0.39, 0.29) is 0 Å². The van der Waals surface area contributed by atoms with E-state index in [1.54, 1.807) is 6.07 Å². The number of thiazole rings is 1. The Labute approximate surface area is 123 Å². The van der Waals surface area contributed by atoms with Crippen molar-refractivity contribution < 1.29 is 17.9 Å². The van der Waals surface area contributed by atoms with Gasteiger partial charge in [0.2, 0.25) is 0 Å². The molecule has 114 valence electrons. The van der Waals surface area contributed by atoms with E-state index < -0.39 is 17.2 Å². The summed E-state index contributed by atoms with van der Waals surface area (Å²) in [5.74, 6) is 6.07. The number of nitrogens with two attached hydrogens (primary N) is 1. The Bertz CT molecular complexity index is 627. The lowest BCUT2D eigenvalue weighted by atomic mass is 10.0. The van der Waals surface area contributed by atoms with Gasteiger partial charge in [0.15, 0.2) is 5.01 Å². The fourth-order valence-electron chi connectivity index (χ4n) is 1.96. The van der Waals surface area contributed by atoms with Gasteiger partial charge in [0.25, 0.3) is 0 Å². The minimum absolute atomic E-state index is 0.369. The van der Waals surface area contributed by atoms with Crippen molar-refractivity contribution in [3.63, 3.8) is 0 Å². The molecule has 4 nitrogen and oxygen atoms in total. The van der Waals surface area contributed by atoms with Gasteiger partial charge in [-0.05, 0) is 13.0 Å². The maximum Gasteiger partial charge on any atom is 0.443 e. The molecular formula is C13H14F3N3OS. The predicted molar refractivity (Wildman–Crippen MR) is 74.0 cm³/mol. The van der Waals surface area contributed by atoms with E-state index in [1.807, 2.05) is 19.1 Å². The molecule has 2 aromatic rings. The number of ether oxygens (including phenoxy) is 1. The molecule has 0 saturated carbocycles. The van der Waals surface area contributed by atoms with Crippen LogP contribution in [-0.4, -0.2) is 12.1 Å². The van der Waals surface area contributed by atoms with Crippen LogP contribution in [0.2, 0.25) is 0 Å². The number of aromatic nitrogens is 1. The van der Waals surface area contributed by atoms with Crippen molar-refractivity contribution in [2.75, 3.05) is 7.11 Å². The van der Waals surface area contributed by atoms with Crippen LogP contribution in [0, 0.1) is 6.92 Å². The molecule has 0 saturated heterocycles. The molecule has 0 bridgehead atoms. The molecule has 0 amide bonds. The molecular weight excluding hydrogens is 303 g/mol. The van der Waals surface area contributed by atoms with Crippen LogP contribution in [-0.2, 0) is 6.18 Å². The Morgan fingerprint density at radius 3 is 2.62 bits per heavy atom. The van der Waals surface area contributed by atoms with Gasteiger partial charge in [-0.2, -0.15) is 13.2 Å². The van der Waals surface area contributed by atoms with E-state index in [4.69, 9.17) is 10.6 Å². The summed E-state index contributed by atoms with van der Waals surface area (Å²) >= 11 is 0.558. The average Bonchev–Trinajstić information content (AvgIpc) is 2.89. The predicted octanol–water partition coefficient (Wildman–Crippen LogP) is 3.03. The molecule has 0 aliphatic carbocycles. The summed E-state index contributed by atoms with van der Waals surface area (Å²) in [4.78, 5) is 3.79. The van der Waals surface area contributed by atoms with Crippen molar-refractivity contribution in [3.8, 4) is 5.75 Å². The Balaban J connectivity index is 2.45. The lowest BCUT2D eigenvalue weighted by molar-refractivity contribution is -0.137. The van der Waals surface area contributed by atoms with Crippen LogP contribution in [0.3, 0.4) is 0 Å². The molecule has 1 aromatic heterocycles. The fourth-order valence-corrected chi connectivity index (χ4v) is 2.82. The second kappa shape index (κ2) is 6.00. The van der Waals surface area contributed by atoms with Gasteiger partial charge in [-0.3, -0.25) is 5.84 Å². The van der Waals surface area contributed by atoms with E-state index in [0.717, 1.165) is 5.56 Å². The van der Waals surface area contributed by atoms with E-state index in [1.165, 1.54) is 13.3 Å². The molecule has 21 heavy (non-hydrogen) atoms. The van der Waals surface area contributed by atoms with Crippen LogP contribution in [0.1, 0.15) is 27.1 Å². The summed E-state index contributed by atoms with van der Waals surface area (Å²) in [6, 6.07) is 4.80. The molecule has 1 heterocycles. The maximum atomic E-state index is 12.7. The standard InChI is InChI=1S/C13H14F3N3OS/c1-7-3-4-9(20-2)8(5-7)11(19-17)10-6-18-12(21-10)13(14,15)16/h3-6,11,19H,17H2,1-2H3. The van der Waals surface area contributed by atoms with Crippen molar-refractivity contribution >= 4 is 11.3 Å². The minimum atomic E-state index is -4.46. The first-order valence-electron chi connectivity index (χ1n) is 6.00.